The summed E-state index contributed by atoms with van der Waals surface area (Å²) in [5, 5.41) is 0. The van der Waals surface area contributed by atoms with Crippen LogP contribution in [0.25, 0.3) is 0 Å². The number of anilines is 1. The van der Waals surface area contributed by atoms with Crippen LogP contribution in [0.4, 0.5) is 14.5 Å². The summed E-state index contributed by atoms with van der Waals surface area (Å²) in [7, 11) is 1.64. The zero-order valence-electron chi connectivity index (χ0n) is 9.25. The number of halogens is 3. The van der Waals surface area contributed by atoms with Crippen LogP contribution in [0.3, 0.4) is 0 Å². The molecule has 0 radical (unpaired) electrons. The molecule has 2 N–H and O–H groups in total. The number of alkyl halides is 2. The van der Waals surface area contributed by atoms with Gasteiger partial charge in [-0.1, -0.05) is 15.9 Å². The van der Waals surface area contributed by atoms with Crippen molar-refractivity contribution in [2.45, 2.75) is 19.4 Å². The van der Waals surface area contributed by atoms with Crippen molar-refractivity contribution in [3.8, 4) is 0 Å². The fourth-order valence-electron chi connectivity index (χ4n) is 1.54. The molecular weight excluding hydrogens is 278 g/mol. The van der Waals surface area contributed by atoms with Crippen molar-refractivity contribution in [2.75, 3.05) is 18.5 Å². The van der Waals surface area contributed by atoms with Crippen molar-refractivity contribution in [1.29, 1.82) is 0 Å². The van der Waals surface area contributed by atoms with Gasteiger partial charge in [-0.15, -0.1) is 0 Å². The standard InChI is InChI=1S/C11H15BrF2N2/c1-7(15)9-5-8(12)3-4-10(9)16(2)6-11(13)14/h3-5,7,11H,6,15H2,1-2H3. The van der Waals surface area contributed by atoms with Gasteiger partial charge in [-0.05, 0) is 30.7 Å². The monoisotopic (exact) mass is 292 g/mol. The largest absolute Gasteiger partial charge is 0.369 e. The molecule has 0 heterocycles. The third-order valence-electron chi connectivity index (χ3n) is 2.30. The molecule has 90 valence electrons. The average Bonchev–Trinajstić information content (AvgIpc) is 2.16. The topological polar surface area (TPSA) is 29.3 Å². The fraction of sp³-hybridized carbons (Fsp3) is 0.455. The van der Waals surface area contributed by atoms with E-state index in [9.17, 15) is 8.78 Å². The van der Waals surface area contributed by atoms with Gasteiger partial charge in [0.1, 0.15) is 0 Å². The molecule has 1 aromatic rings. The zero-order chi connectivity index (χ0) is 12.3. The molecule has 0 aliphatic heterocycles. The number of rotatable bonds is 4. The molecule has 2 nitrogen and oxygen atoms in total. The van der Waals surface area contributed by atoms with E-state index in [1.165, 1.54) is 4.90 Å². The molecule has 0 saturated heterocycles. The van der Waals surface area contributed by atoms with Crippen LogP contribution in [0.2, 0.25) is 0 Å². The van der Waals surface area contributed by atoms with Gasteiger partial charge in [0.25, 0.3) is 6.43 Å². The molecule has 0 aliphatic rings. The highest BCUT2D eigenvalue weighted by Crippen LogP contribution is 2.28. The molecule has 5 heteroatoms. The van der Waals surface area contributed by atoms with Crippen LogP contribution in [-0.2, 0) is 0 Å². The Balaban J connectivity index is 3.02. The second kappa shape index (κ2) is 5.59. The van der Waals surface area contributed by atoms with E-state index >= 15 is 0 Å². The van der Waals surface area contributed by atoms with E-state index < -0.39 is 6.43 Å². The number of hydrogen-bond donors (Lipinski definition) is 1. The highest BCUT2D eigenvalue weighted by molar-refractivity contribution is 9.10. The summed E-state index contributed by atoms with van der Waals surface area (Å²) in [4.78, 5) is 1.52. The number of benzene rings is 1. The summed E-state index contributed by atoms with van der Waals surface area (Å²) in [6.45, 7) is 1.54. The normalized spacial score (nSPS) is 12.9. The minimum Gasteiger partial charge on any atom is -0.369 e. The lowest BCUT2D eigenvalue weighted by molar-refractivity contribution is 0.156. The maximum atomic E-state index is 12.3. The van der Waals surface area contributed by atoms with E-state index in [0.717, 1.165) is 15.7 Å². The first kappa shape index (κ1) is 13.4. The third-order valence-corrected chi connectivity index (χ3v) is 2.80. The van der Waals surface area contributed by atoms with Gasteiger partial charge in [-0.25, -0.2) is 8.78 Å². The van der Waals surface area contributed by atoms with Gasteiger partial charge < -0.3 is 10.6 Å². The Morgan fingerprint density at radius 3 is 2.56 bits per heavy atom. The minimum atomic E-state index is -2.35. The predicted molar refractivity (Wildman–Crippen MR) is 66.0 cm³/mol. The summed E-state index contributed by atoms with van der Waals surface area (Å²) in [5.41, 5.74) is 7.42. The molecular formula is C11H15BrF2N2. The van der Waals surface area contributed by atoms with Gasteiger partial charge in [0, 0.05) is 23.2 Å². The Morgan fingerprint density at radius 1 is 1.44 bits per heavy atom. The molecule has 0 saturated carbocycles. The Kier molecular flexibility index (Phi) is 4.68. The SMILES string of the molecule is CC(N)c1cc(Br)ccc1N(C)CC(F)F. The van der Waals surface area contributed by atoms with Crippen molar-refractivity contribution < 1.29 is 8.78 Å². The Morgan fingerprint density at radius 2 is 2.06 bits per heavy atom. The van der Waals surface area contributed by atoms with Gasteiger partial charge in [-0.2, -0.15) is 0 Å². The first-order chi connectivity index (χ1) is 7.41. The third kappa shape index (κ3) is 3.42. The molecule has 0 amide bonds. The molecule has 0 aliphatic carbocycles. The van der Waals surface area contributed by atoms with Crippen LogP contribution in [0.15, 0.2) is 22.7 Å². The van der Waals surface area contributed by atoms with Gasteiger partial charge in [0.05, 0.1) is 6.54 Å². The van der Waals surface area contributed by atoms with Gasteiger partial charge in [-0.3, -0.25) is 0 Å². The number of nitrogens with zero attached hydrogens (tertiary/aromatic N) is 1. The van der Waals surface area contributed by atoms with Crippen LogP contribution in [0.1, 0.15) is 18.5 Å². The quantitative estimate of drug-likeness (QED) is 0.924. The van der Waals surface area contributed by atoms with Crippen molar-refractivity contribution >= 4 is 21.6 Å². The second-order valence-corrected chi connectivity index (χ2v) is 4.68. The van der Waals surface area contributed by atoms with Crippen molar-refractivity contribution in [3.63, 3.8) is 0 Å². The lowest BCUT2D eigenvalue weighted by Gasteiger charge is -2.23. The smallest absolute Gasteiger partial charge is 0.255 e. The van der Waals surface area contributed by atoms with Crippen LogP contribution in [0.5, 0.6) is 0 Å². The molecule has 1 aromatic carbocycles. The molecule has 0 aromatic heterocycles. The first-order valence-corrected chi connectivity index (χ1v) is 5.75. The lowest BCUT2D eigenvalue weighted by Crippen LogP contribution is -2.26. The number of hydrogen-bond acceptors (Lipinski definition) is 2. The van der Waals surface area contributed by atoms with E-state index in [4.69, 9.17) is 5.73 Å². The van der Waals surface area contributed by atoms with E-state index in [-0.39, 0.29) is 12.6 Å². The highest BCUT2D eigenvalue weighted by atomic mass is 79.9. The summed E-state index contributed by atoms with van der Waals surface area (Å²) in [6.07, 6.45) is -2.35. The summed E-state index contributed by atoms with van der Waals surface area (Å²) < 4.78 is 25.5. The van der Waals surface area contributed by atoms with Crippen molar-refractivity contribution in [1.82, 2.24) is 0 Å². The predicted octanol–water partition coefficient (Wildman–Crippen LogP) is 3.17. The van der Waals surface area contributed by atoms with E-state index in [2.05, 4.69) is 15.9 Å². The van der Waals surface area contributed by atoms with Gasteiger partial charge in [0.2, 0.25) is 0 Å². The molecule has 0 fully saturated rings. The molecule has 0 bridgehead atoms. The highest BCUT2D eigenvalue weighted by Gasteiger charge is 2.14. The Bertz CT molecular complexity index is 356. The lowest BCUT2D eigenvalue weighted by atomic mass is 10.1. The van der Waals surface area contributed by atoms with Crippen molar-refractivity contribution in [2.24, 2.45) is 5.73 Å². The summed E-state index contributed by atoms with van der Waals surface area (Å²) in [5.74, 6) is 0. The fourth-order valence-corrected chi connectivity index (χ4v) is 1.92. The average molecular weight is 293 g/mol. The Labute approximate surface area is 103 Å². The first-order valence-electron chi connectivity index (χ1n) is 4.96. The summed E-state index contributed by atoms with van der Waals surface area (Å²) in [6, 6.07) is 5.30. The van der Waals surface area contributed by atoms with Crippen LogP contribution >= 0.6 is 15.9 Å². The minimum absolute atomic E-state index is 0.187. The van der Waals surface area contributed by atoms with Crippen molar-refractivity contribution in [3.05, 3.63) is 28.2 Å². The Hall–Kier alpha value is -0.680. The molecule has 16 heavy (non-hydrogen) atoms. The van der Waals surface area contributed by atoms with E-state index in [0.29, 0.717) is 0 Å². The van der Waals surface area contributed by atoms with E-state index in [1.54, 1.807) is 13.1 Å². The maximum Gasteiger partial charge on any atom is 0.255 e. The maximum absolute atomic E-state index is 12.3. The van der Waals surface area contributed by atoms with E-state index in [1.807, 2.05) is 19.1 Å². The van der Waals surface area contributed by atoms with Crippen LogP contribution in [-0.4, -0.2) is 20.0 Å². The number of nitrogens with two attached hydrogens (primary N) is 1. The molecule has 1 atom stereocenters. The zero-order valence-corrected chi connectivity index (χ0v) is 10.8. The second-order valence-electron chi connectivity index (χ2n) is 3.76. The molecule has 1 unspecified atom stereocenters. The van der Waals surface area contributed by atoms with Crippen LogP contribution < -0.4 is 10.6 Å². The summed E-state index contributed by atoms with van der Waals surface area (Å²) >= 11 is 3.34. The van der Waals surface area contributed by atoms with Gasteiger partial charge >= 0.3 is 0 Å². The molecule has 1 rings (SSSR count). The molecule has 0 spiro atoms. The van der Waals surface area contributed by atoms with Gasteiger partial charge in [0.15, 0.2) is 0 Å². The van der Waals surface area contributed by atoms with Crippen LogP contribution in [0, 0.1) is 0 Å².